The number of para-hydroxylation sites is 2. The van der Waals surface area contributed by atoms with Gasteiger partial charge in [0.1, 0.15) is 5.75 Å². The first-order chi connectivity index (χ1) is 13.7. The van der Waals surface area contributed by atoms with Crippen molar-refractivity contribution >= 4 is 11.7 Å². The number of urea groups is 1. The van der Waals surface area contributed by atoms with E-state index in [2.05, 4.69) is 34.7 Å². The second-order valence-electron chi connectivity index (χ2n) is 6.35. The molecule has 6 heteroatoms. The van der Waals surface area contributed by atoms with Gasteiger partial charge in [-0.15, -0.1) is 0 Å². The molecule has 168 valence electrons. The summed E-state index contributed by atoms with van der Waals surface area (Å²) in [5, 5.41) is 8.63. The molecule has 3 N–H and O–H groups in total. The maximum absolute atomic E-state index is 11.4. The Morgan fingerprint density at radius 3 is 2.36 bits per heavy atom. The fraction of sp³-hybridized carbons (Fsp3) is 0.682. The van der Waals surface area contributed by atoms with E-state index in [1.165, 1.54) is 19.3 Å². The lowest BCUT2D eigenvalue weighted by atomic mass is 10.3. The third kappa shape index (κ3) is 12.6. The van der Waals surface area contributed by atoms with Gasteiger partial charge < -0.3 is 25.6 Å². The first-order valence-corrected chi connectivity index (χ1v) is 10.8. The third-order valence-corrected chi connectivity index (χ3v) is 4.16. The highest BCUT2D eigenvalue weighted by Crippen LogP contribution is 2.23. The summed E-state index contributed by atoms with van der Waals surface area (Å²) in [5.74, 6) is 0.710. The van der Waals surface area contributed by atoms with Crippen molar-refractivity contribution in [3.8, 4) is 5.75 Å². The molecule has 1 heterocycles. The van der Waals surface area contributed by atoms with Crippen LogP contribution < -0.4 is 20.7 Å². The zero-order chi connectivity index (χ0) is 21.0. The first kappa shape index (κ1) is 26.2. The molecule has 1 aliphatic heterocycles. The normalized spacial score (nSPS) is 13.3. The highest BCUT2D eigenvalue weighted by molar-refractivity contribution is 5.90. The highest BCUT2D eigenvalue weighted by Gasteiger charge is 2.09. The molecule has 1 aromatic rings. The number of nitrogens with one attached hydrogen (secondary N) is 3. The number of ether oxygens (including phenoxy) is 1. The van der Waals surface area contributed by atoms with Crippen molar-refractivity contribution in [2.45, 2.75) is 53.4 Å². The molecule has 0 radical (unpaired) electrons. The summed E-state index contributed by atoms with van der Waals surface area (Å²) >= 11 is 0. The topological polar surface area (TPSA) is 65.6 Å². The van der Waals surface area contributed by atoms with Gasteiger partial charge in [0.25, 0.3) is 0 Å². The van der Waals surface area contributed by atoms with Gasteiger partial charge in [-0.25, -0.2) is 4.79 Å². The van der Waals surface area contributed by atoms with Crippen molar-refractivity contribution in [2.75, 3.05) is 51.7 Å². The number of rotatable bonds is 8. The Kier molecular flexibility index (Phi) is 17.4. The molecule has 6 nitrogen and oxygen atoms in total. The first-order valence-electron chi connectivity index (χ1n) is 10.8. The largest absolute Gasteiger partial charge is 0.491 e. The number of unbranched alkanes of at least 4 members (excludes halogenated alkanes) is 2. The Hall–Kier alpha value is -1.79. The van der Waals surface area contributed by atoms with E-state index < -0.39 is 0 Å². The van der Waals surface area contributed by atoms with Crippen LogP contribution >= 0.6 is 0 Å². The molecule has 28 heavy (non-hydrogen) atoms. The molecule has 1 fully saturated rings. The number of carbonyl (C=O) groups excluding carboxylic acids is 1. The van der Waals surface area contributed by atoms with Crippen LogP contribution in [0.25, 0.3) is 0 Å². The molecule has 0 aromatic heterocycles. The van der Waals surface area contributed by atoms with Crippen molar-refractivity contribution in [1.82, 2.24) is 15.5 Å². The Balaban J connectivity index is -0.000000322. The maximum atomic E-state index is 11.4. The average Bonchev–Trinajstić information content (AvgIpc) is 2.75. The van der Waals surface area contributed by atoms with Crippen LogP contribution in [0.2, 0.25) is 0 Å². The Bertz CT molecular complexity index is 503. The van der Waals surface area contributed by atoms with E-state index in [1.807, 2.05) is 38.1 Å². The lowest BCUT2D eigenvalue weighted by Gasteiger charge is -2.27. The third-order valence-electron chi connectivity index (χ3n) is 4.16. The SMILES string of the molecule is CC.CCCCC.CNC(=O)Nc1ccccc1OCCCN1CCNCC1.[HH].[HH].[HH]. The molecular formula is C22H48N4O2. The van der Waals surface area contributed by atoms with Crippen LogP contribution in [0.15, 0.2) is 24.3 Å². The predicted molar refractivity (Wildman–Crippen MR) is 127 cm³/mol. The number of amides is 2. The minimum Gasteiger partial charge on any atom is -0.491 e. The van der Waals surface area contributed by atoms with Crippen molar-refractivity contribution in [3.63, 3.8) is 0 Å². The maximum Gasteiger partial charge on any atom is 0.319 e. The van der Waals surface area contributed by atoms with Crippen LogP contribution in [0.3, 0.4) is 0 Å². The van der Waals surface area contributed by atoms with Crippen molar-refractivity contribution in [2.24, 2.45) is 0 Å². The van der Waals surface area contributed by atoms with E-state index in [1.54, 1.807) is 7.05 Å². The van der Waals surface area contributed by atoms with Crippen molar-refractivity contribution in [1.29, 1.82) is 0 Å². The molecule has 1 aliphatic rings. The lowest BCUT2D eigenvalue weighted by molar-refractivity contribution is 0.214. The number of piperazine rings is 1. The minimum atomic E-state index is -0.244. The van der Waals surface area contributed by atoms with Crippen LogP contribution in [0.4, 0.5) is 10.5 Å². The summed E-state index contributed by atoms with van der Waals surface area (Å²) in [6.07, 6.45) is 5.06. The summed E-state index contributed by atoms with van der Waals surface area (Å²) < 4.78 is 5.79. The molecule has 0 atom stereocenters. The van der Waals surface area contributed by atoms with Gasteiger partial charge in [0, 0.05) is 44.1 Å². The fourth-order valence-electron chi connectivity index (χ4n) is 2.64. The summed E-state index contributed by atoms with van der Waals surface area (Å²) in [6, 6.07) is 7.24. The van der Waals surface area contributed by atoms with Gasteiger partial charge >= 0.3 is 6.03 Å². The van der Waals surface area contributed by atoms with Gasteiger partial charge in [0.15, 0.2) is 0 Å². The minimum absolute atomic E-state index is 0. The van der Waals surface area contributed by atoms with E-state index in [0.717, 1.165) is 39.1 Å². The van der Waals surface area contributed by atoms with E-state index >= 15 is 0 Å². The smallest absolute Gasteiger partial charge is 0.319 e. The molecule has 2 amide bonds. The standard InChI is InChI=1S/C15H24N4O2.C5H12.C2H6.3H2/c1-16-15(20)18-13-5-2-3-6-14(13)21-12-4-9-19-10-7-17-8-11-19;1-3-5-4-2;1-2;;;/h2-3,5-6,17H,4,7-12H2,1H3,(H2,16,18,20);3-5H2,1-2H3;1-2H3;3*1H. The monoisotopic (exact) mass is 400 g/mol. The number of benzene rings is 1. The van der Waals surface area contributed by atoms with Crippen LogP contribution in [0.5, 0.6) is 5.75 Å². The summed E-state index contributed by atoms with van der Waals surface area (Å²) in [4.78, 5) is 13.8. The van der Waals surface area contributed by atoms with Gasteiger partial charge in [0.05, 0.1) is 12.3 Å². The molecule has 0 aliphatic carbocycles. The Morgan fingerprint density at radius 1 is 1.14 bits per heavy atom. The molecular weight excluding hydrogens is 352 g/mol. The van der Waals surface area contributed by atoms with Gasteiger partial charge in [-0.2, -0.15) is 0 Å². The van der Waals surface area contributed by atoms with Gasteiger partial charge in [0.2, 0.25) is 0 Å². The summed E-state index contributed by atoms with van der Waals surface area (Å²) in [7, 11) is 1.59. The number of hydrogen-bond acceptors (Lipinski definition) is 4. The van der Waals surface area contributed by atoms with E-state index in [-0.39, 0.29) is 10.3 Å². The second-order valence-corrected chi connectivity index (χ2v) is 6.35. The van der Waals surface area contributed by atoms with Gasteiger partial charge in [-0.05, 0) is 18.6 Å². The molecule has 2 rings (SSSR count). The molecule has 1 aromatic carbocycles. The molecule has 1 saturated heterocycles. The molecule has 0 saturated carbocycles. The van der Waals surface area contributed by atoms with E-state index in [0.29, 0.717) is 18.0 Å². The number of hydrogen-bond donors (Lipinski definition) is 3. The molecule has 0 unspecified atom stereocenters. The van der Waals surface area contributed by atoms with Crippen LogP contribution in [-0.2, 0) is 0 Å². The number of anilines is 1. The number of nitrogens with zero attached hydrogens (tertiary/aromatic N) is 1. The Labute approximate surface area is 176 Å². The average molecular weight is 401 g/mol. The van der Waals surface area contributed by atoms with Crippen molar-refractivity contribution < 1.29 is 13.8 Å². The lowest BCUT2D eigenvalue weighted by Crippen LogP contribution is -2.43. The summed E-state index contributed by atoms with van der Waals surface area (Å²) in [6.45, 7) is 14.5. The molecule has 0 spiro atoms. The van der Waals surface area contributed by atoms with E-state index in [9.17, 15) is 4.79 Å². The van der Waals surface area contributed by atoms with Crippen LogP contribution in [0.1, 0.15) is 57.7 Å². The quantitative estimate of drug-likeness (QED) is 0.533. The Morgan fingerprint density at radius 2 is 1.79 bits per heavy atom. The second kappa shape index (κ2) is 18.6. The van der Waals surface area contributed by atoms with Crippen LogP contribution in [-0.4, -0.2) is 57.3 Å². The highest BCUT2D eigenvalue weighted by atomic mass is 16.5. The van der Waals surface area contributed by atoms with Gasteiger partial charge in [-0.1, -0.05) is 59.1 Å². The van der Waals surface area contributed by atoms with Crippen molar-refractivity contribution in [3.05, 3.63) is 24.3 Å². The zero-order valence-corrected chi connectivity index (χ0v) is 18.6. The number of carbonyl (C=O) groups is 1. The van der Waals surface area contributed by atoms with Crippen LogP contribution in [0, 0.1) is 0 Å². The molecule has 0 bridgehead atoms. The zero-order valence-electron chi connectivity index (χ0n) is 18.6. The summed E-state index contributed by atoms with van der Waals surface area (Å²) in [5.41, 5.74) is 0.694. The van der Waals surface area contributed by atoms with Gasteiger partial charge in [-0.3, -0.25) is 0 Å². The predicted octanol–water partition coefficient (Wildman–Crippen LogP) is 5.07. The van der Waals surface area contributed by atoms with E-state index in [4.69, 9.17) is 4.74 Å². The fourth-order valence-corrected chi connectivity index (χ4v) is 2.64.